The van der Waals surface area contributed by atoms with Crippen LogP contribution in [0.4, 0.5) is 0 Å². The van der Waals surface area contributed by atoms with Crippen molar-refractivity contribution in [1.29, 1.82) is 0 Å². The van der Waals surface area contributed by atoms with E-state index >= 15 is 0 Å². The number of halogens is 1. The Morgan fingerprint density at radius 1 is 1.50 bits per heavy atom. The Hall–Kier alpha value is -0.710. The molecule has 1 rings (SSSR count). The number of ketones is 1. The van der Waals surface area contributed by atoms with E-state index in [1.165, 1.54) is 0 Å². The van der Waals surface area contributed by atoms with Gasteiger partial charge in [0, 0.05) is 13.0 Å². The van der Waals surface area contributed by atoms with Gasteiger partial charge in [-0.15, -0.1) is 5.10 Å². The van der Waals surface area contributed by atoms with Gasteiger partial charge in [-0.2, -0.15) is 0 Å². The van der Waals surface area contributed by atoms with E-state index in [0.717, 1.165) is 25.7 Å². The van der Waals surface area contributed by atoms with Gasteiger partial charge in [0.2, 0.25) is 0 Å². The highest BCUT2D eigenvalue weighted by Crippen LogP contribution is 2.22. The van der Waals surface area contributed by atoms with Crippen LogP contribution in [0, 0.1) is 5.92 Å². The van der Waals surface area contributed by atoms with Gasteiger partial charge in [0.15, 0.2) is 10.4 Å². The number of Topliss-reactive ketones (excluding diaryl/α,β-unsaturated/α-hetero) is 1. The molecule has 16 heavy (non-hydrogen) atoms. The average molecular weight is 288 g/mol. The van der Waals surface area contributed by atoms with Crippen LogP contribution in [0.15, 0.2) is 4.60 Å². The topological polar surface area (TPSA) is 47.8 Å². The number of hydrogen-bond donors (Lipinski definition) is 0. The van der Waals surface area contributed by atoms with Crippen LogP contribution in [-0.4, -0.2) is 20.8 Å². The zero-order valence-electron chi connectivity index (χ0n) is 10.0. The molecule has 0 N–H and O–H groups in total. The Kier molecular flexibility index (Phi) is 5.12. The van der Waals surface area contributed by atoms with Crippen molar-refractivity contribution in [3.05, 3.63) is 10.3 Å². The van der Waals surface area contributed by atoms with Gasteiger partial charge in [0.1, 0.15) is 5.69 Å². The van der Waals surface area contributed by atoms with E-state index in [-0.39, 0.29) is 11.7 Å². The number of unbranched alkanes of at least 4 members (excludes halogenated alkanes) is 1. The molecule has 0 fully saturated rings. The summed E-state index contributed by atoms with van der Waals surface area (Å²) in [6, 6.07) is 0. The van der Waals surface area contributed by atoms with Crippen LogP contribution in [0.5, 0.6) is 0 Å². The van der Waals surface area contributed by atoms with Crippen LogP contribution in [0.3, 0.4) is 0 Å². The van der Waals surface area contributed by atoms with Crippen molar-refractivity contribution in [2.24, 2.45) is 13.0 Å². The van der Waals surface area contributed by atoms with Crippen LogP contribution in [0.1, 0.15) is 50.0 Å². The van der Waals surface area contributed by atoms with Gasteiger partial charge >= 0.3 is 0 Å². The van der Waals surface area contributed by atoms with E-state index < -0.39 is 0 Å². The van der Waals surface area contributed by atoms with Crippen molar-refractivity contribution < 1.29 is 4.79 Å². The van der Waals surface area contributed by atoms with Crippen molar-refractivity contribution in [3.8, 4) is 0 Å². The van der Waals surface area contributed by atoms with Crippen LogP contribution in [0.25, 0.3) is 0 Å². The van der Waals surface area contributed by atoms with Crippen molar-refractivity contribution in [2.45, 2.75) is 39.5 Å². The van der Waals surface area contributed by atoms with E-state index in [1.54, 1.807) is 11.7 Å². The minimum Gasteiger partial charge on any atom is -0.292 e. The smallest absolute Gasteiger partial charge is 0.186 e. The quantitative estimate of drug-likeness (QED) is 0.756. The zero-order valence-corrected chi connectivity index (χ0v) is 11.6. The molecule has 0 amide bonds. The minimum absolute atomic E-state index is 0.0912. The highest BCUT2D eigenvalue weighted by atomic mass is 79.9. The molecule has 0 saturated heterocycles. The zero-order chi connectivity index (χ0) is 12.1. The predicted molar refractivity (Wildman–Crippen MR) is 66.3 cm³/mol. The number of hydrogen-bond acceptors (Lipinski definition) is 3. The highest BCUT2D eigenvalue weighted by molar-refractivity contribution is 9.10. The predicted octanol–water partition coefficient (Wildman–Crippen LogP) is 2.98. The molecule has 0 bridgehead atoms. The fraction of sp³-hybridized carbons (Fsp3) is 0.727. The minimum atomic E-state index is 0.0912. The summed E-state index contributed by atoms with van der Waals surface area (Å²) in [5.41, 5.74) is 0.586. The third kappa shape index (κ3) is 2.90. The molecule has 0 saturated carbocycles. The number of nitrogens with zero attached hydrogens (tertiary/aromatic N) is 3. The molecule has 0 radical (unpaired) electrons. The molecule has 1 aromatic rings. The Morgan fingerprint density at radius 3 is 2.62 bits per heavy atom. The second-order valence-corrected chi connectivity index (χ2v) is 4.72. The Bertz CT molecular complexity index is 343. The molecule has 1 heterocycles. The average Bonchev–Trinajstić information content (AvgIpc) is 2.59. The first kappa shape index (κ1) is 13.4. The van der Waals surface area contributed by atoms with Gasteiger partial charge in [-0.05, 0) is 28.8 Å². The molecule has 1 aromatic heterocycles. The van der Waals surface area contributed by atoms with E-state index in [4.69, 9.17) is 0 Å². The number of rotatable bonds is 6. The van der Waals surface area contributed by atoms with E-state index in [9.17, 15) is 4.79 Å². The summed E-state index contributed by atoms with van der Waals surface area (Å²) >= 11 is 3.27. The highest BCUT2D eigenvalue weighted by Gasteiger charge is 2.24. The summed E-state index contributed by atoms with van der Waals surface area (Å²) in [6.07, 6.45) is 4.03. The molecule has 0 aliphatic carbocycles. The second kappa shape index (κ2) is 6.13. The number of aryl methyl sites for hydroxylation is 1. The number of carbonyl (C=O) groups excluding carboxylic acids is 1. The van der Waals surface area contributed by atoms with Crippen molar-refractivity contribution in [2.75, 3.05) is 0 Å². The lowest BCUT2D eigenvalue weighted by Crippen LogP contribution is -2.18. The summed E-state index contributed by atoms with van der Waals surface area (Å²) in [5, 5.41) is 7.68. The lowest BCUT2D eigenvalue weighted by molar-refractivity contribution is 0.0897. The van der Waals surface area contributed by atoms with Crippen molar-refractivity contribution in [1.82, 2.24) is 15.0 Å². The van der Waals surface area contributed by atoms with Gasteiger partial charge in [-0.25, -0.2) is 4.68 Å². The summed E-state index contributed by atoms with van der Waals surface area (Å²) in [6.45, 7) is 4.19. The third-order valence-electron chi connectivity index (χ3n) is 2.79. The normalized spacial score (nSPS) is 12.8. The number of aromatic nitrogens is 3. The molecular weight excluding hydrogens is 270 g/mol. The summed E-state index contributed by atoms with van der Waals surface area (Å²) in [7, 11) is 1.75. The van der Waals surface area contributed by atoms with Gasteiger partial charge in [-0.1, -0.05) is 31.9 Å². The lowest BCUT2D eigenvalue weighted by Gasteiger charge is -2.12. The van der Waals surface area contributed by atoms with Crippen molar-refractivity contribution >= 4 is 21.7 Å². The number of carbonyl (C=O) groups is 1. The first-order valence-corrected chi connectivity index (χ1v) is 6.50. The molecule has 0 aromatic carbocycles. The maximum Gasteiger partial charge on any atom is 0.186 e. The Morgan fingerprint density at radius 2 is 2.19 bits per heavy atom. The molecule has 0 aliphatic heterocycles. The molecule has 0 spiro atoms. The van der Waals surface area contributed by atoms with Crippen LogP contribution < -0.4 is 0 Å². The van der Waals surface area contributed by atoms with E-state index in [1.807, 2.05) is 0 Å². The first-order valence-electron chi connectivity index (χ1n) is 5.71. The van der Waals surface area contributed by atoms with Crippen LogP contribution in [0.2, 0.25) is 0 Å². The van der Waals surface area contributed by atoms with Crippen LogP contribution >= 0.6 is 15.9 Å². The monoisotopic (exact) mass is 287 g/mol. The van der Waals surface area contributed by atoms with Crippen molar-refractivity contribution in [3.63, 3.8) is 0 Å². The summed E-state index contributed by atoms with van der Waals surface area (Å²) in [5.74, 6) is 0.240. The largest absolute Gasteiger partial charge is 0.292 e. The molecule has 5 heteroatoms. The Labute approximate surface area is 105 Å². The SMILES string of the molecule is CCCCC(CC)C(=O)c1c(Br)nnn1C. The third-order valence-corrected chi connectivity index (χ3v) is 3.32. The van der Waals surface area contributed by atoms with E-state index in [2.05, 4.69) is 40.1 Å². The summed E-state index contributed by atoms with van der Waals surface area (Å²) in [4.78, 5) is 12.3. The molecule has 90 valence electrons. The standard InChI is InChI=1S/C11H18BrN3O/c1-4-6-7-8(5-2)10(16)9-11(12)13-14-15(9)3/h8H,4-7H2,1-3H3. The fourth-order valence-corrected chi connectivity index (χ4v) is 2.28. The Balaban J connectivity index is 2.82. The second-order valence-electron chi connectivity index (χ2n) is 3.96. The maximum absolute atomic E-state index is 12.3. The maximum atomic E-state index is 12.3. The van der Waals surface area contributed by atoms with Crippen LogP contribution in [-0.2, 0) is 7.05 Å². The molecular formula is C11H18BrN3O. The van der Waals surface area contributed by atoms with Gasteiger partial charge in [0.05, 0.1) is 0 Å². The molecule has 0 aliphatic rings. The molecule has 1 atom stereocenters. The summed E-state index contributed by atoms with van der Waals surface area (Å²) < 4.78 is 2.09. The van der Waals surface area contributed by atoms with Gasteiger partial charge in [0.25, 0.3) is 0 Å². The van der Waals surface area contributed by atoms with E-state index in [0.29, 0.717) is 10.3 Å². The van der Waals surface area contributed by atoms with Gasteiger partial charge in [-0.3, -0.25) is 4.79 Å². The lowest BCUT2D eigenvalue weighted by atomic mass is 9.93. The fourth-order valence-electron chi connectivity index (χ4n) is 1.76. The van der Waals surface area contributed by atoms with Gasteiger partial charge < -0.3 is 0 Å². The molecule has 1 unspecified atom stereocenters. The molecule has 4 nitrogen and oxygen atoms in total. The first-order chi connectivity index (χ1) is 7.61.